The number of rotatable bonds is 7. The molecule has 0 aliphatic rings. The van der Waals surface area contributed by atoms with E-state index in [9.17, 15) is 0 Å². The topological polar surface area (TPSA) is 0 Å². The van der Waals surface area contributed by atoms with Crippen LogP contribution >= 0.6 is 0 Å². The van der Waals surface area contributed by atoms with E-state index in [1.54, 1.807) is 0 Å². The van der Waals surface area contributed by atoms with Crippen molar-refractivity contribution in [1.29, 1.82) is 0 Å². The molecule has 190 valence electrons. The molecule has 0 atom stereocenters. The molecule has 6 aromatic rings. The number of fused-ring (bicyclic) bond motifs is 1. The quantitative estimate of drug-likeness (QED) is 0.187. The van der Waals surface area contributed by atoms with Gasteiger partial charge in [0.1, 0.15) is 0 Å². The molecule has 0 aliphatic heterocycles. The minimum atomic E-state index is 1.17. The van der Waals surface area contributed by atoms with Gasteiger partial charge >= 0.3 is 0 Å². The van der Waals surface area contributed by atoms with E-state index in [1.165, 1.54) is 55.3 Å². The maximum atomic E-state index is 2.24. The maximum Gasteiger partial charge on any atom is -0.0178 e. The average Bonchev–Trinajstić information content (AvgIpc) is 3.03. The first-order chi connectivity index (χ1) is 19.8. The summed E-state index contributed by atoms with van der Waals surface area (Å²) < 4.78 is 0. The molecule has 0 N–H and O–H groups in total. The molecule has 0 unspecified atom stereocenters. The Balaban J connectivity index is 1.28. The first-order valence-corrected chi connectivity index (χ1v) is 13.7. The van der Waals surface area contributed by atoms with Crippen LogP contribution in [0.25, 0.3) is 58.4 Å². The van der Waals surface area contributed by atoms with Crippen LogP contribution < -0.4 is 0 Å². The molecule has 6 aromatic carbocycles. The van der Waals surface area contributed by atoms with E-state index in [0.717, 1.165) is 0 Å². The smallest absolute Gasteiger partial charge is 0.0178 e. The van der Waals surface area contributed by atoms with Gasteiger partial charge in [-0.25, -0.2) is 0 Å². The molecule has 0 bridgehead atoms. The third kappa shape index (κ3) is 6.43. The molecule has 0 spiro atoms. The van der Waals surface area contributed by atoms with Crippen LogP contribution in [0.1, 0.15) is 33.4 Å². The Bertz CT molecular complexity index is 1800. The molecule has 0 heteroatoms. The second-order valence-corrected chi connectivity index (χ2v) is 9.94. The van der Waals surface area contributed by atoms with Crippen molar-refractivity contribution in [3.05, 3.63) is 179 Å². The Hall–Kier alpha value is -5.20. The van der Waals surface area contributed by atoms with Crippen molar-refractivity contribution in [2.24, 2.45) is 0 Å². The van der Waals surface area contributed by atoms with Gasteiger partial charge < -0.3 is 0 Å². The lowest BCUT2D eigenvalue weighted by Gasteiger charge is -2.04. The molecule has 0 aliphatic carbocycles. The molecule has 0 nitrogen and oxygen atoms in total. The summed E-state index contributed by atoms with van der Waals surface area (Å²) in [6.45, 7) is 0. The highest BCUT2D eigenvalue weighted by molar-refractivity contribution is 5.86. The van der Waals surface area contributed by atoms with Crippen molar-refractivity contribution in [2.75, 3.05) is 0 Å². The highest BCUT2D eigenvalue weighted by atomic mass is 14.0. The standard InChI is InChI=1S/C40H30/c1-3-9-31(10-4-1)15-18-34-27-35(19-16-32-21-24-39(25-22-32)37-11-5-2-6-12-37)29-36(28-34)20-17-33-23-26-38-13-7-8-14-40(38)30-33/h1-30H/b18-15+,19-16+,20-17+. The molecule has 0 saturated heterocycles. The van der Waals surface area contributed by atoms with Gasteiger partial charge in [0.05, 0.1) is 0 Å². The summed E-state index contributed by atoms with van der Waals surface area (Å²) in [7, 11) is 0. The lowest BCUT2D eigenvalue weighted by atomic mass is 10.0. The summed E-state index contributed by atoms with van der Waals surface area (Å²) in [5, 5.41) is 2.52. The molecule has 0 heterocycles. The fraction of sp³-hybridized carbons (Fsp3) is 0. The van der Waals surface area contributed by atoms with Crippen molar-refractivity contribution in [3.63, 3.8) is 0 Å². The Morgan fingerprint density at radius 2 is 0.675 bits per heavy atom. The molecule has 0 radical (unpaired) electrons. The van der Waals surface area contributed by atoms with E-state index in [1.807, 2.05) is 6.07 Å². The number of hydrogen-bond acceptors (Lipinski definition) is 0. The van der Waals surface area contributed by atoms with Crippen molar-refractivity contribution in [1.82, 2.24) is 0 Å². The maximum absolute atomic E-state index is 2.24. The van der Waals surface area contributed by atoms with Gasteiger partial charge in [0.2, 0.25) is 0 Å². The lowest BCUT2D eigenvalue weighted by Crippen LogP contribution is -1.83. The third-order valence-corrected chi connectivity index (χ3v) is 7.00. The molecule has 40 heavy (non-hydrogen) atoms. The Labute approximate surface area is 236 Å². The van der Waals surface area contributed by atoms with Crippen LogP contribution in [0.2, 0.25) is 0 Å². The molecular formula is C40H30. The second kappa shape index (κ2) is 12.1. The van der Waals surface area contributed by atoms with E-state index < -0.39 is 0 Å². The minimum Gasteiger partial charge on any atom is -0.0622 e. The van der Waals surface area contributed by atoms with Gasteiger partial charge in [0.15, 0.2) is 0 Å². The molecular weight excluding hydrogens is 480 g/mol. The predicted molar refractivity (Wildman–Crippen MR) is 175 cm³/mol. The van der Waals surface area contributed by atoms with Gasteiger partial charge in [-0.2, -0.15) is 0 Å². The zero-order chi connectivity index (χ0) is 27.0. The van der Waals surface area contributed by atoms with Crippen LogP contribution in [-0.4, -0.2) is 0 Å². The highest BCUT2D eigenvalue weighted by Crippen LogP contribution is 2.22. The van der Waals surface area contributed by atoms with Crippen LogP contribution in [0.4, 0.5) is 0 Å². The van der Waals surface area contributed by atoms with Crippen molar-refractivity contribution in [3.8, 4) is 11.1 Å². The van der Waals surface area contributed by atoms with Crippen LogP contribution in [-0.2, 0) is 0 Å². The van der Waals surface area contributed by atoms with Gasteiger partial charge in [-0.3, -0.25) is 0 Å². The summed E-state index contributed by atoms with van der Waals surface area (Å²) in [5.74, 6) is 0. The Morgan fingerprint density at radius 1 is 0.250 bits per heavy atom. The number of benzene rings is 6. The van der Waals surface area contributed by atoms with Crippen LogP contribution in [0, 0.1) is 0 Å². The summed E-state index contributed by atoms with van der Waals surface area (Å²) >= 11 is 0. The largest absolute Gasteiger partial charge is 0.0622 e. The van der Waals surface area contributed by atoms with E-state index >= 15 is 0 Å². The van der Waals surface area contributed by atoms with Gasteiger partial charge in [-0.15, -0.1) is 0 Å². The van der Waals surface area contributed by atoms with Crippen molar-refractivity contribution >= 4 is 47.2 Å². The zero-order valence-corrected chi connectivity index (χ0v) is 22.3. The van der Waals surface area contributed by atoms with E-state index in [0.29, 0.717) is 0 Å². The average molecular weight is 511 g/mol. The summed E-state index contributed by atoms with van der Waals surface area (Å²) in [5.41, 5.74) is 9.53. The van der Waals surface area contributed by atoms with Crippen LogP contribution in [0.15, 0.2) is 146 Å². The SMILES string of the molecule is C(=C\c1cc(/C=C/c2ccc(-c3ccccc3)cc2)cc(/C=C/c2ccc3ccccc3c2)c1)/c1ccccc1. The minimum absolute atomic E-state index is 1.17. The molecule has 0 fully saturated rings. The number of hydrogen-bond donors (Lipinski definition) is 0. The summed E-state index contributed by atoms with van der Waals surface area (Å²) in [6.07, 6.45) is 13.1. The van der Waals surface area contributed by atoms with Crippen molar-refractivity contribution in [2.45, 2.75) is 0 Å². The van der Waals surface area contributed by atoms with Gasteiger partial charge in [-0.1, -0.05) is 158 Å². The summed E-state index contributed by atoms with van der Waals surface area (Å²) in [6, 6.07) is 51.5. The predicted octanol–water partition coefficient (Wildman–Crippen LogP) is 11.0. The van der Waals surface area contributed by atoms with Gasteiger partial charge in [0.25, 0.3) is 0 Å². The monoisotopic (exact) mass is 510 g/mol. The first-order valence-electron chi connectivity index (χ1n) is 13.7. The van der Waals surface area contributed by atoms with Crippen LogP contribution in [0.3, 0.4) is 0 Å². The second-order valence-electron chi connectivity index (χ2n) is 9.94. The first kappa shape index (κ1) is 25.1. The normalized spacial score (nSPS) is 11.7. The molecule has 6 rings (SSSR count). The van der Waals surface area contributed by atoms with Crippen molar-refractivity contribution < 1.29 is 0 Å². The fourth-order valence-corrected chi connectivity index (χ4v) is 4.86. The van der Waals surface area contributed by atoms with Gasteiger partial charge in [0, 0.05) is 0 Å². The zero-order valence-electron chi connectivity index (χ0n) is 22.3. The summed E-state index contributed by atoms with van der Waals surface area (Å²) in [4.78, 5) is 0. The van der Waals surface area contributed by atoms with E-state index in [-0.39, 0.29) is 0 Å². The molecule has 0 amide bonds. The lowest BCUT2D eigenvalue weighted by molar-refractivity contribution is 1.58. The van der Waals surface area contributed by atoms with E-state index in [2.05, 4.69) is 176 Å². The fourth-order valence-electron chi connectivity index (χ4n) is 4.86. The Kier molecular flexibility index (Phi) is 7.60. The third-order valence-electron chi connectivity index (χ3n) is 7.00. The highest BCUT2D eigenvalue weighted by Gasteiger charge is 1.99. The molecule has 0 saturated carbocycles. The van der Waals surface area contributed by atoms with Crippen LogP contribution in [0.5, 0.6) is 0 Å². The van der Waals surface area contributed by atoms with Gasteiger partial charge in [-0.05, 0) is 79.5 Å². The Morgan fingerprint density at radius 3 is 1.30 bits per heavy atom. The molecule has 0 aromatic heterocycles. The van der Waals surface area contributed by atoms with E-state index in [4.69, 9.17) is 0 Å².